The van der Waals surface area contributed by atoms with E-state index in [1.165, 1.54) is 9.47 Å². The van der Waals surface area contributed by atoms with Crippen molar-refractivity contribution in [1.29, 1.82) is 0 Å². The molecule has 4 rings (SSSR count). The molecule has 0 unspecified atom stereocenters. The Morgan fingerprint density at radius 3 is 2.50 bits per heavy atom. The number of fused-ring (bicyclic) bond motifs is 1. The Balaban J connectivity index is 1.73. The summed E-state index contributed by atoms with van der Waals surface area (Å²) in [6, 6.07) is 9.65. The minimum absolute atomic E-state index is 0.213. The van der Waals surface area contributed by atoms with Gasteiger partial charge in [-0.1, -0.05) is 36.3 Å². The van der Waals surface area contributed by atoms with Crippen LogP contribution in [-0.4, -0.2) is 61.4 Å². The molecule has 3 aromatic rings. The maximum Gasteiger partial charge on any atom is 0.407 e. The highest BCUT2D eigenvalue weighted by atomic mass is 16.4. The topological polar surface area (TPSA) is 116 Å². The molecule has 1 aliphatic heterocycles. The second-order valence-electron chi connectivity index (χ2n) is 7.50. The second kappa shape index (κ2) is 9.01. The van der Waals surface area contributed by atoms with Gasteiger partial charge >= 0.3 is 11.8 Å². The maximum absolute atomic E-state index is 13.3. The Kier molecular flexibility index (Phi) is 5.98. The van der Waals surface area contributed by atoms with Gasteiger partial charge in [0, 0.05) is 32.7 Å². The highest BCUT2D eigenvalue weighted by molar-refractivity contribution is 5.74. The molecule has 1 saturated heterocycles. The Morgan fingerprint density at radius 1 is 1.12 bits per heavy atom. The van der Waals surface area contributed by atoms with Crippen LogP contribution in [-0.2, 0) is 19.5 Å². The first-order chi connectivity index (χ1) is 15.5. The number of benzene rings is 1. The van der Waals surface area contributed by atoms with Crippen LogP contribution >= 0.6 is 0 Å². The van der Waals surface area contributed by atoms with Gasteiger partial charge < -0.3 is 14.9 Å². The van der Waals surface area contributed by atoms with Crippen LogP contribution < -0.4 is 16.1 Å². The first-order valence-corrected chi connectivity index (χ1v) is 10.4. The third-order valence-corrected chi connectivity index (χ3v) is 5.58. The SMILES string of the molecule is CC#CCn1c(N2CCN(C(=O)O)CC2)nc2[nH]c(=O)n(CCc3ccccc3)c(=O)c21. The van der Waals surface area contributed by atoms with Crippen LogP contribution in [0.3, 0.4) is 0 Å². The molecule has 1 aromatic carbocycles. The number of H-pyrrole nitrogens is 1. The van der Waals surface area contributed by atoms with Gasteiger partial charge in [-0.25, -0.2) is 9.59 Å². The van der Waals surface area contributed by atoms with Crippen molar-refractivity contribution >= 4 is 23.2 Å². The van der Waals surface area contributed by atoms with Crippen molar-refractivity contribution in [2.24, 2.45) is 0 Å². The molecule has 2 N–H and O–H groups in total. The average molecular weight is 436 g/mol. The number of nitrogens with zero attached hydrogens (tertiary/aromatic N) is 5. The molecule has 0 spiro atoms. The zero-order chi connectivity index (χ0) is 22.7. The van der Waals surface area contributed by atoms with Crippen LogP contribution in [0.1, 0.15) is 12.5 Å². The lowest BCUT2D eigenvalue weighted by molar-refractivity contribution is 0.142. The zero-order valence-corrected chi connectivity index (χ0v) is 17.7. The summed E-state index contributed by atoms with van der Waals surface area (Å²) < 4.78 is 2.90. The molecule has 1 amide bonds. The molecular formula is C22H24N6O4. The number of hydrogen-bond donors (Lipinski definition) is 2. The Bertz CT molecular complexity index is 1300. The van der Waals surface area contributed by atoms with E-state index in [9.17, 15) is 19.5 Å². The Morgan fingerprint density at radius 2 is 1.84 bits per heavy atom. The minimum Gasteiger partial charge on any atom is -0.465 e. The molecular weight excluding hydrogens is 412 g/mol. The van der Waals surface area contributed by atoms with E-state index >= 15 is 0 Å². The van der Waals surface area contributed by atoms with Crippen LogP contribution in [0, 0.1) is 11.8 Å². The molecule has 10 nitrogen and oxygen atoms in total. The molecule has 1 aliphatic rings. The normalized spacial score (nSPS) is 13.8. The molecule has 10 heteroatoms. The Labute approximate surface area is 183 Å². The molecule has 0 aliphatic carbocycles. The number of hydrogen-bond acceptors (Lipinski definition) is 5. The summed E-state index contributed by atoms with van der Waals surface area (Å²) in [4.78, 5) is 47.7. The van der Waals surface area contributed by atoms with Crippen LogP contribution in [0.25, 0.3) is 11.2 Å². The van der Waals surface area contributed by atoms with Gasteiger partial charge in [0.2, 0.25) is 5.95 Å². The van der Waals surface area contributed by atoms with Crippen LogP contribution in [0.5, 0.6) is 0 Å². The quantitative estimate of drug-likeness (QED) is 0.576. The largest absolute Gasteiger partial charge is 0.465 e. The van der Waals surface area contributed by atoms with E-state index in [1.54, 1.807) is 11.5 Å². The number of carboxylic acid groups (broad SMARTS) is 1. The van der Waals surface area contributed by atoms with Crippen molar-refractivity contribution < 1.29 is 9.90 Å². The molecule has 2 aromatic heterocycles. The number of aryl methyl sites for hydroxylation is 1. The van der Waals surface area contributed by atoms with E-state index in [0.29, 0.717) is 38.5 Å². The van der Waals surface area contributed by atoms with Gasteiger partial charge in [0.1, 0.15) is 0 Å². The average Bonchev–Trinajstić information content (AvgIpc) is 3.16. The lowest BCUT2D eigenvalue weighted by Gasteiger charge is -2.33. The predicted molar refractivity (Wildman–Crippen MR) is 120 cm³/mol. The molecule has 32 heavy (non-hydrogen) atoms. The van der Waals surface area contributed by atoms with Gasteiger partial charge in [-0.05, 0) is 18.9 Å². The molecule has 0 atom stereocenters. The van der Waals surface area contributed by atoms with E-state index in [1.807, 2.05) is 35.2 Å². The molecule has 166 valence electrons. The van der Waals surface area contributed by atoms with Crippen LogP contribution in [0.15, 0.2) is 39.9 Å². The van der Waals surface area contributed by atoms with Gasteiger partial charge in [0.15, 0.2) is 11.2 Å². The first kappa shape index (κ1) is 21.2. The third kappa shape index (κ3) is 4.09. The number of piperazine rings is 1. The summed E-state index contributed by atoms with van der Waals surface area (Å²) in [5.74, 6) is 6.30. The maximum atomic E-state index is 13.3. The standard InChI is InChI=1S/C22H24N6O4/c1-2-3-10-27-17-18(23-20(27)25-12-14-26(15-13-25)22(31)32)24-21(30)28(19(17)29)11-9-16-7-5-4-6-8-16/h4-8H,9-15H2,1H3,(H,24,30)(H,31,32). The van der Waals surface area contributed by atoms with Gasteiger partial charge in [0.25, 0.3) is 5.56 Å². The van der Waals surface area contributed by atoms with Crippen molar-refractivity contribution in [3.05, 3.63) is 56.7 Å². The van der Waals surface area contributed by atoms with E-state index in [0.717, 1.165) is 5.56 Å². The van der Waals surface area contributed by atoms with Crippen molar-refractivity contribution in [3.8, 4) is 11.8 Å². The summed E-state index contributed by atoms with van der Waals surface area (Å²) in [5, 5.41) is 9.19. The molecule has 0 radical (unpaired) electrons. The van der Waals surface area contributed by atoms with Crippen molar-refractivity contribution in [1.82, 2.24) is 24.0 Å². The minimum atomic E-state index is -0.958. The van der Waals surface area contributed by atoms with E-state index in [-0.39, 0.29) is 24.3 Å². The number of amides is 1. The first-order valence-electron chi connectivity index (χ1n) is 10.4. The van der Waals surface area contributed by atoms with Crippen molar-refractivity contribution in [3.63, 3.8) is 0 Å². The molecule has 1 fully saturated rings. The van der Waals surface area contributed by atoms with E-state index < -0.39 is 17.3 Å². The molecule has 0 bridgehead atoms. The number of rotatable bonds is 5. The number of aromatic amines is 1. The predicted octanol–water partition coefficient (Wildman–Crippen LogP) is 0.952. The summed E-state index contributed by atoms with van der Waals surface area (Å²) in [6.07, 6.45) is -0.414. The fourth-order valence-electron chi connectivity index (χ4n) is 3.87. The molecule has 3 heterocycles. The van der Waals surface area contributed by atoms with E-state index in [2.05, 4.69) is 21.8 Å². The number of nitrogens with one attached hydrogen (secondary N) is 1. The number of aromatic nitrogens is 4. The fourth-order valence-corrected chi connectivity index (χ4v) is 3.87. The van der Waals surface area contributed by atoms with Crippen molar-refractivity contribution in [2.75, 3.05) is 31.1 Å². The number of anilines is 1. The van der Waals surface area contributed by atoms with Crippen LogP contribution in [0.2, 0.25) is 0 Å². The molecule has 0 saturated carbocycles. The van der Waals surface area contributed by atoms with Crippen molar-refractivity contribution in [2.45, 2.75) is 26.4 Å². The van der Waals surface area contributed by atoms with Crippen LogP contribution in [0.4, 0.5) is 10.7 Å². The third-order valence-electron chi connectivity index (χ3n) is 5.58. The second-order valence-corrected chi connectivity index (χ2v) is 7.50. The highest BCUT2D eigenvalue weighted by Crippen LogP contribution is 2.20. The number of imidazole rings is 1. The summed E-state index contributed by atoms with van der Waals surface area (Å²) >= 11 is 0. The van der Waals surface area contributed by atoms with Gasteiger partial charge in [0.05, 0.1) is 6.54 Å². The smallest absolute Gasteiger partial charge is 0.407 e. The fraction of sp³-hybridized carbons (Fsp3) is 0.364. The highest BCUT2D eigenvalue weighted by Gasteiger charge is 2.26. The summed E-state index contributed by atoms with van der Waals surface area (Å²) in [6.45, 7) is 3.71. The monoisotopic (exact) mass is 436 g/mol. The Hall–Kier alpha value is -4.00. The van der Waals surface area contributed by atoms with E-state index in [4.69, 9.17) is 0 Å². The van der Waals surface area contributed by atoms with Gasteiger partial charge in [-0.3, -0.25) is 18.9 Å². The van der Waals surface area contributed by atoms with Gasteiger partial charge in [-0.15, -0.1) is 5.92 Å². The summed E-state index contributed by atoms with van der Waals surface area (Å²) in [7, 11) is 0. The van der Waals surface area contributed by atoms with Gasteiger partial charge in [-0.2, -0.15) is 4.98 Å². The lowest BCUT2D eigenvalue weighted by atomic mass is 10.1. The lowest BCUT2D eigenvalue weighted by Crippen LogP contribution is -2.49. The zero-order valence-electron chi connectivity index (χ0n) is 17.7. The number of carbonyl (C=O) groups is 1. The summed E-state index contributed by atoms with van der Waals surface area (Å²) in [5.41, 5.74) is 0.606.